The van der Waals surface area contributed by atoms with Crippen LogP contribution in [0.2, 0.25) is 0 Å². The second kappa shape index (κ2) is 4.59. The van der Waals surface area contributed by atoms with Crippen molar-refractivity contribution in [2.24, 2.45) is 0 Å². The van der Waals surface area contributed by atoms with E-state index >= 15 is 0 Å². The van der Waals surface area contributed by atoms with Crippen molar-refractivity contribution < 1.29 is 9.53 Å². The summed E-state index contributed by atoms with van der Waals surface area (Å²) in [4.78, 5) is 15.2. The number of rotatable bonds is 4. The Morgan fingerprint density at radius 1 is 1.71 bits per heavy atom. The first-order valence-corrected chi connectivity index (χ1v) is 4.52. The molecular formula is C8H14N4O2. The SMILES string of the molecule is CCOC(=O)C(CC)n1cnc(N)n1. The molecule has 0 saturated carbocycles. The van der Waals surface area contributed by atoms with Gasteiger partial charge in [-0.3, -0.25) is 0 Å². The molecule has 0 radical (unpaired) electrons. The molecule has 1 unspecified atom stereocenters. The maximum atomic E-state index is 11.4. The third-order valence-electron chi connectivity index (χ3n) is 1.79. The van der Waals surface area contributed by atoms with Gasteiger partial charge in [0, 0.05) is 0 Å². The van der Waals surface area contributed by atoms with E-state index in [9.17, 15) is 4.79 Å². The summed E-state index contributed by atoms with van der Waals surface area (Å²) in [7, 11) is 0. The van der Waals surface area contributed by atoms with Crippen molar-refractivity contribution in [1.29, 1.82) is 0 Å². The molecule has 0 bridgehead atoms. The number of ether oxygens (including phenoxy) is 1. The summed E-state index contributed by atoms with van der Waals surface area (Å²) in [5.41, 5.74) is 5.35. The van der Waals surface area contributed by atoms with Gasteiger partial charge < -0.3 is 10.5 Å². The van der Waals surface area contributed by atoms with Gasteiger partial charge in [-0.15, -0.1) is 5.10 Å². The van der Waals surface area contributed by atoms with Crippen LogP contribution in [0.4, 0.5) is 5.95 Å². The zero-order valence-corrected chi connectivity index (χ0v) is 8.30. The van der Waals surface area contributed by atoms with Crippen LogP contribution in [0, 0.1) is 0 Å². The number of nitrogen functional groups attached to an aromatic ring is 1. The van der Waals surface area contributed by atoms with Crippen molar-refractivity contribution >= 4 is 11.9 Å². The van der Waals surface area contributed by atoms with Crippen LogP contribution in [0.3, 0.4) is 0 Å². The predicted molar refractivity (Wildman–Crippen MR) is 50.4 cm³/mol. The van der Waals surface area contributed by atoms with Crippen LogP contribution in [-0.4, -0.2) is 27.3 Å². The molecule has 14 heavy (non-hydrogen) atoms. The van der Waals surface area contributed by atoms with E-state index < -0.39 is 6.04 Å². The molecule has 1 aromatic heterocycles. The second-order valence-corrected chi connectivity index (χ2v) is 2.76. The average Bonchev–Trinajstić information content (AvgIpc) is 2.54. The molecular weight excluding hydrogens is 184 g/mol. The molecule has 0 aliphatic carbocycles. The standard InChI is InChI=1S/C8H14N4O2/c1-3-6(7(13)14-4-2)12-5-10-8(9)11-12/h5-6H,3-4H2,1-2H3,(H2,9,11). The maximum absolute atomic E-state index is 11.4. The zero-order chi connectivity index (χ0) is 10.6. The van der Waals surface area contributed by atoms with Crippen molar-refractivity contribution in [3.8, 4) is 0 Å². The van der Waals surface area contributed by atoms with Gasteiger partial charge in [-0.05, 0) is 13.3 Å². The minimum absolute atomic E-state index is 0.160. The topological polar surface area (TPSA) is 83.0 Å². The lowest BCUT2D eigenvalue weighted by molar-refractivity contribution is -0.147. The highest BCUT2D eigenvalue weighted by Crippen LogP contribution is 2.11. The smallest absolute Gasteiger partial charge is 0.330 e. The van der Waals surface area contributed by atoms with Crippen molar-refractivity contribution in [1.82, 2.24) is 14.8 Å². The predicted octanol–water partition coefficient (Wildman–Crippen LogP) is 0.374. The Balaban J connectivity index is 2.76. The largest absolute Gasteiger partial charge is 0.464 e. The Kier molecular flexibility index (Phi) is 3.44. The fraction of sp³-hybridized carbons (Fsp3) is 0.625. The number of anilines is 1. The maximum Gasteiger partial charge on any atom is 0.330 e. The third-order valence-corrected chi connectivity index (χ3v) is 1.79. The van der Waals surface area contributed by atoms with Crippen LogP contribution < -0.4 is 5.73 Å². The van der Waals surface area contributed by atoms with Crippen molar-refractivity contribution in [2.45, 2.75) is 26.3 Å². The highest BCUT2D eigenvalue weighted by atomic mass is 16.5. The fourth-order valence-electron chi connectivity index (χ4n) is 1.14. The summed E-state index contributed by atoms with van der Waals surface area (Å²) in [5, 5.41) is 3.87. The minimum atomic E-state index is -0.431. The quantitative estimate of drug-likeness (QED) is 0.707. The van der Waals surface area contributed by atoms with Crippen molar-refractivity contribution in [3.63, 3.8) is 0 Å². The number of nitrogens with two attached hydrogens (primary N) is 1. The normalized spacial score (nSPS) is 12.4. The van der Waals surface area contributed by atoms with Crippen molar-refractivity contribution in [3.05, 3.63) is 6.33 Å². The second-order valence-electron chi connectivity index (χ2n) is 2.76. The molecule has 0 saturated heterocycles. The van der Waals surface area contributed by atoms with E-state index in [2.05, 4.69) is 10.1 Å². The monoisotopic (exact) mass is 198 g/mol. The molecule has 0 fully saturated rings. The molecule has 0 spiro atoms. The molecule has 78 valence electrons. The van der Waals surface area contributed by atoms with Gasteiger partial charge in [0.2, 0.25) is 5.95 Å². The molecule has 1 heterocycles. The van der Waals surface area contributed by atoms with Gasteiger partial charge in [0.05, 0.1) is 6.61 Å². The summed E-state index contributed by atoms with van der Waals surface area (Å²) in [5.74, 6) is -0.146. The van der Waals surface area contributed by atoms with E-state index in [4.69, 9.17) is 10.5 Å². The number of aromatic nitrogens is 3. The van der Waals surface area contributed by atoms with Gasteiger partial charge in [0.1, 0.15) is 6.33 Å². The van der Waals surface area contributed by atoms with Crippen LogP contribution >= 0.6 is 0 Å². The Morgan fingerprint density at radius 2 is 2.43 bits per heavy atom. The molecule has 1 aromatic rings. The lowest BCUT2D eigenvalue weighted by Crippen LogP contribution is -2.22. The van der Waals surface area contributed by atoms with E-state index in [0.717, 1.165) is 0 Å². The number of esters is 1. The molecule has 0 amide bonds. The van der Waals surface area contributed by atoms with Crippen molar-refractivity contribution in [2.75, 3.05) is 12.3 Å². The average molecular weight is 198 g/mol. The fourth-order valence-corrected chi connectivity index (χ4v) is 1.14. The Morgan fingerprint density at radius 3 is 2.86 bits per heavy atom. The summed E-state index contributed by atoms with van der Waals surface area (Å²) in [6, 6.07) is -0.431. The molecule has 2 N–H and O–H groups in total. The van der Waals surface area contributed by atoms with Crippen LogP contribution in [-0.2, 0) is 9.53 Å². The van der Waals surface area contributed by atoms with E-state index in [-0.39, 0.29) is 11.9 Å². The van der Waals surface area contributed by atoms with Gasteiger partial charge >= 0.3 is 5.97 Å². The first-order valence-electron chi connectivity index (χ1n) is 4.52. The summed E-state index contributed by atoms with van der Waals surface area (Å²) in [6.07, 6.45) is 2.03. The minimum Gasteiger partial charge on any atom is -0.464 e. The lowest BCUT2D eigenvalue weighted by atomic mass is 10.2. The van der Waals surface area contributed by atoms with E-state index in [1.165, 1.54) is 11.0 Å². The van der Waals surface area contributed by atoms with Gasteiger partial charge in [0.15, 0.2) is 6.04 Å². The van der Waals surface area contributed by atoms with Crippen LogP contribution in [0.1, 0.15) is 26.3 Å². The van der Waals surface area contributed by atoms with Gasteiger partial charge in [0.25, 0.3) is 0 Å². The summed E-state index contributed by atoms with van der Waals surface area (Å²) in [6.45, 7) is 4.00. The molecule has 6 nitrogen and oxygen atoms in total. The molecule has 1 atom stereocenters. The first-order chi connectivity index (χ1) is 6.69. The molecule has 0 aliphatic heterocycles. The Hall–Kier alpha value is -1.59. The van der Waals surface area contributed by atoms with Crippen LogP contribution in [0.15, 0.2) is 6.33 Å². The van der Waals surface area contributed by atoms with E-state index in [1.807, 2.05) is 6.92 Å². The molecule has 0 aliphatic rings. The zero-order valence-electron chi connectivity index (χ0n) is 8.30. The van der Waals surface area contributed by atoms with E-state index in [0.29, 0.717) is 13.0 Å². The summed E-state index contributed by atoms with van der Waals surface area (Å²) < 4.78 is 6.31. The number of carbonyl (C=O) groups excluding carboxylic acids is 1. The van der Waals surface area contributed by atoms with Gasteiger partial charge in [-0.2, -0.15) is 0 Å². The molecule has 1 rings (SSSR count). The lowest BCUT2D eigenvalue weighted by Gasteiger charge is -2.12. The first kappa shape index (κ1) is 10.5. The van der Waals surface area contributed by atoms with E-state index in [1.54, 1.807) is 6.92 Å². The third kappa shape index (κ3) is 2.21. The number of hydrogen-bond donors (Lipinski definition) is 1. The van der Waals surface area contributed by atoms with Gasteiger partial charge in [-0.1, -0.05) is 6.92 Å². The highest BCUT2D eigenvalue weighted by molar-refractivity contribution is 5.73. The highest BCUT2D eigenvalue weighted by Gasteiger charge is 2.20. The Labute approximate surface area is 82.1 Å². The number of carbonyl (C=O) groups is 1. The Bertz CT molecular complexity index is 310. The molecule has 6 heteroatoms. The van der Waals surface area contributed by atoms with Gasteiger partial charge in [-0.25, -0.2) is 14.5 Å². The number of hydrogen-bond acceptors (Lipinski definition) is 5. The summed E-state index contributed by atoms with van der Waals surface area (Å²) >= 11 is 0. The van der Waals surface area contributed by atoms with Crippen LogP contribution in [0.5, 0.6) is 0 Å². The molecule has 0 aromatic carbocycles. The van der Waals surface area contributed by atoms with Crippen LogP contribution in [0.25, 0.3) is 0 Å². The number of nitrogens with zero attached hydrogens (tertiary/aromatic N) is 3.